The summed E-state index contributed by atoms with van der Waals surface area (Å²) in [4.78, 5) is 11.6. The minimum Gasteiger partial charge on any atom is -0.396 e. The first-order chi connectivity index (χ1) is 8.17. The molecule has 1 atom stereocenters. The van der Waals surface area contributed by atoms with Crippen LogP contribution in [0, 0.1) is 0 Å². The van der Waals surface area contributed by atoms with Crippen LogP contribution in [-0.4, -0.2) is 30.8 Å². The van der Waals surface area contributed by atoms with Crippen molar-refractivity contribution >= 4 is 11.6 Å². The second-order valence-electron chi connectivity index (χ2n) is 3.89. The number of rotatable bonds is 6. The summed E-state index contributed by atoms with van der Waals surface area (Å²) < 4.78 is 4.93. The summed E-state index contributed by atoms with van der Waals surface area (Å²) in [6.45, 7) is 1.88. The van der Waals surface area contributed by atoms with Crippen molar-refractivity contribution in [3.05, 3.63) is 29.8 Å². The third-order valence-electron chi connectivity index (χ3n) is 2.54. The van der Waals surface area contributed by atoms with Gasteiger partial charge in [0.25, 0.3) is 5.91 Å². The van der Waals surface area contributed by atoms with Gasteiger partial charge in [-0.1, -0.05) is 12.1 Å². The first-order valence-corrected chi connectivity index (χ1v) is 5.71. The Morgan fingerprint density at radius 2 is 2.29 bits per heavy atom. The highest BCUT2D eigenvalue weighted by Crippen LogP contribution is 2.12. The average molecular weight is 237 g/mol. The van der Waals surface area contributed by atoms with Crippen molar-refractivity contribution in [3.8, 4) is 0 Å². The SMILES string of the molecule is COC(C)C(=O)Nc1cccc(CCCO)c1. The number of methoxy groups -OCH3 is 1. The number of hydrogen-bond acceptors (Lipinski definition) is 3. The Bertz CT molecular complexity index is 365. The van der Waals surface area contributed by atoms with Crippen LogP contribution in [0.1, 0.15) is 18.9 Å². The van der Waals surface area contributed by atoms with Gasteiger partial charge in [-0.05, 0) is 37.5 Å². The number of aryl methyl sites for hydroxylation is 1. The molecule has 1 aromatic rings. The zero-order valence-electron chi connectivity index (χ0n) is 10.3. The molecule has 0 fully saturated rings. The molecular formula is C13H19NO3. The van der Waals surface area contributed by atoms with Crippen LogP contribution in [0.5, 0.6) is 0 Å². The Kier molecular flexibility index (Phi) is 5.66. The van der Waals surface area contributed by atoms with E-state index in [1.165, 1.54) is 7.11 Å². The van der Waals surface area contributed by atoms with E-state index in [-0.39, 0.29) is 12.5 Å². The zero-order valence-corrected chi connectivity index (χ0v) is 10.3. The Balaban J connectivity index is 2.62. The van der Waals surface area contributed by atoms with Crippen LogP contribution in [0.3, 0.4) is 0 Å². The van der Waals surface area contributed by atoms with Crippen LogP contribution >= 0.6 is 0 Å². The summed E-state index contributed by atoms with van der Waals surface area (Å²) in [5, 5.41) is 11.5. The molecule has 4 heteroatoms. The molecule has 0 aromatic heterocycles. The first kappa shape index (κ1) is 13.7. The number of aliphatic hydroxyl groups excluding tert-OH is 1. The maximum Gasteiger partial charge on any atom is 0.253 e. The molecule has 1 amide bonds. The molecule has 1 rings (SSSR count). The summed E-state index contributed by atoms with van der Waals surface area (Å²) in [7, 11) is 1.50. The predicted molar refractivity (Wildman–Crippen MR) is 66.9 cm³/mol. The quantitative estimate of drug-likeness (QED) is 0.789. The number of carbonyl (C=O) groups is 1. The van der Waals surface area contributed by atoms with Gasteiger partial charge in [0, 0.05) is 19.4 Å². The van der Waals surface area contributed by atoms with E-state index < -0.39 is 6.10 Å². The largest absolute Gasteiger partial charge is 0.396 e. The first-order valence-electron chi connectivity index (χ1n) is 5.71. The standard InChI is InChI=1S/C13H19NO3/c1-10(17-2)13(16)14-12-7-3-5-11(9-12)6-4-8-15/h3,5,7,9-10,15H,4,6,8H2,1-2H3,(H,14,16). The third kappa shape index (κ3) is 4.54. The molecular weight excluding hydrogens is 218 g/mol. The fourth-order valence-corrected chi connectivity index (χ4v) is 1.44. The Morgan fingerprint density at radius 1 is 1.53 bits per heavy atom. The fourth-order valence-electron chi connectivity index (χ4n) is 1.44. The molecule has 1 unspecified atom stereocenters. The van der Waals surface area contributed by atoms with Crippen molar-refractivity contribution in [2.45, 2.75) is 25.9 Å². The van der Waals surface area contributed by atoms with Crippen LogP contribution in [0.2, 0.25) is 0 Å². The van der Waals surface area contributed by atoms with Crippen molar-refractivity contribution in [2.75, 3.05) is 19.0 Å². The second kappa shape index (κ2) is 7.04. The highest BCUT2D eigenvalue weighted by Gasteiger charge is 2.11. The maximum absolute atomic E-state index is 11.6. The number of benzene rings is 1. The van der Waals surface area contributed by atoms with Crippen LogP contribution in [-0.2, 0) is 16.0 Å². The zero-order chi connectivity index (χ0) is 12.7. The molecule has 4 nitrogen and oxygen atoms in total. The Morgan fingerprint density at radius 3 is 2.94 bits per heavy atom. The van der Waals surface area contributed by atoms with Gasteiger partial charge in [-0.15, -0.1) is 0 Å². The molecule has 0 spiro atoms. The normalized spacial score (nSPS) is 12.2. The predicted octanol–water partition coefficient (Wildman–Crippen LogP) is 1.58. The van der Waals surface area contributed by atoms with E-state index in [4.69, 9.17) is 9.84 Å². The van der Waals surface area contributed by atoms with Crippen molar-refractivity contribution < 1.29 is 14.6 Å². The molecule has 0 heterocycles. The highest BCUT2D eigenvalue weighted by atomic mass is 16.5. The van der Waals surface area contributed by atoms with Crippen molar-refractivity contribution in [3.63, 3.8) is 0 Å². The van der Waals surface area contributed by atoms with E-state index in [0.29, 0.717) is 0 Å². The van der Waals surface area contributed by atoms with E-state index in [0.717, 1.165) is 24.1 Å². The maximum atomic E-state index is 11.6. The summed E-state index contributed by atoms with van der Waals surface area (Å²) in [6, 6.07) is 7.61. The lowest BCUT2D eigenvalue weighted by molar-refractivity contribution is -0.124. The third-order valence-corrected chi connectivity index (χ3v) is 2.54. The summed E-state index contributed by atoms with van der Waals surface area (Å²) in [5.74, 6) is -0.160. The number of anilines is 1. The Labute approximate surface area is 102 Å². The number of nitrogens with one attached hydrogen (secondary N) is 1. The highest BCUT2D eigenvalue weighted by molar-refractivity contribution is 5.93. The summed E-state index contributed by atoms with van der Waals surface area (Å²) in [5.41, 5.74) is 1.86. The van der Waals surface area contributed by atoms with Crippen LogP contribution in [0.15, 0.2) is 24.3 Å². The van der Waals surface area contributed by atoms with Gasteiger partial charge in [-0.25, -0.2) is 0 Å². The molecule has 0 radical (unpaired) electrons. The van der Waals surface area contributed by atoms with Gasteiger partial charge < -0.3 is 15.2 Å². The molecule has 0 aliphatic rings. The van der Waals surface area contributed by atoms with Gasteiger partial charge in [0.1, 0.15) is 6.10 Å². The Hall–Kier alpha value is -1.39. The summed E-state index contributed by atoms with van der Waals surface area (Å²) >= 11 is 0. The molecule has 0 aliphatic heterocycles. The second-order valence-corrected chi connectivity index (χ2v) is 3.89. The number of ether oxygens (including phenoxy) is 1. The van der Waals surface area contributed by atoms with E-state index >= 15 is 0 Å². The molecule has 0 saturated carbocycles. The van der Waals surface area contributed by atoms with Crippen molar-refractivity contribution in [1.82, 2.24) is 0 Å². The fraction of sp³-hybridized carbons (Fsp3) is 0.462. The van der Waals surface area contributed by atoms with Gasteiger partial charge in [0.2, 0.25) is 0 Å². The molecule has 1 aromatic carbocycles. The topological polar surface area (TPSA) is 58.6 Å². The van der Waals surface area contributed by atoms with Gasteiger partial charge in [0.15, 0.2) is 0 Å². The number of carbonyl (C=O) groups excluding carboxylic acids is 1. The lowest BCUT2D eigenvalue weighted by atomic mass is 10.1. The van der Waals surface area contributed by atoms with Gasteiger partial charge in [-0.3, -0.25) is 4.79 Å². The van der Waals surface area contributed by atoms with Crippen LogP contribution in [0.4, 0.5) is 5.69 Å². The number of aliphatic hydroxyl groups is 1. The number of hydrogen-bond donors (Lipinski definition) is 2. The van der Waals surface area contributed by atoms with Crippen LogP contribution in [0.25, 0.3) is 0 Å². The van der Waals surface area contributed by atoms with Crippen molar-refractivity contribution in [2.24, 2.45) is 0 Å². The van der Waals surface area contributed by atoms with Gasteiger partial charge in [-0.2, -0.15) is 0 Å². The molecule has 0 saturated heterocycles. The lowest BCUT2D eigenvalue weighted by Gasteiger charge is -2.11. The average Bonchev–Trinajstić information content (AvgIpc) is 2.35. The van der Waals surface area contributed by atoms with E-state index in [1.54, 1.807) is 6.92 Å². The minimum absolute atomic E-state index is 0.160. The van der Waals surface area contributed by atoms with Crippen LogP contribution < -0.4 is 5.32 Å². The van der Waals surface area contributed by atoms with E-state index in [9.17, 15) is 4.79 Å². The molecule has 17 heavy (non-hydrogen) atoms. The van der Waals surface area contributed by atoms with Crippen molar-refractivity contribution in [1.29, 1.82) is 0 Å². The van der Waals surface area contributed by atoms with Gasteiger partial charge in [0.05, 0.1) is 0 Å². The van der Waals surface area contributed by atoms with E-state index in [2.05, 4.69) is 5.32 Å². The van der Waals surface area contributed by atoms with E-state index in [1.807, 2.05) is 24.3 Å². The summed E-state index contributed by atoms with van der Waals surface area (Å²) in [6.07, 6.45) is 1.07. The smallest absolute Gasteiger partial charge is 0.253 e. The molecule has 0 aliphatic carbocycles. The molecule has 94 valence electrons. The molecule has 0 bridgehead atoms. The van der Waals surface area contributed by atoms with Gasteiger partial charge >= 0.3 is 0 Å². The molecule has 2 N–H and O–H groups in total. The number of amides is 1. The monoisotopic (exact) mass is 237 g/mol. The lowest BCUT2D eigenvalue weighted by Crippen LogP contribution is -2.26. The minimum atomic E-state index is -0.462.